The normalized spacial score (nSPS) is 13.3. The Balaban J connectivity index is 1.33. The molecule has 10 heteroatoms. The molecule has 0 atom stereocenters. The summed E-state index contributed by atoms with van der Waals surface area (Å²) in [4.78, 5) is 17.2. The zero-order valence-electron chi connectivity index (χ0n) is 18.5. The molecule has 0 unspecified atom stereocenters. The highest BCUT2D eigenvalue weighted by atomic mass is 32.2. The molecule has 2 aromatic heterocycles. The average molecular weight is 497 g/mol. The number of rotatable bonds is 9. The third kappa shape index (κ3) is 5.64. The highest BCUT2D eigenvalue weighted by molar-refractivity contribution is 7.91. The number of carbonyl (C=O) groups excluding carboxylic acids is 1. The average Bonchev–Trinajstić information content (AvgIpc) is 3.37. The molecule has 1 aromatic carbocycles. The minimum Gasteiger partial charge on any atom is -0.497 e. The van der Waals surface area contributed by atoms with Gasteiger partial charge < -0.3 is 15.4 Å². The monoisotopic (exact) mass is 496 g/mol. The van der Waals surface area contributed by atoms with Gasteiger partial charge in [-0.15, -0.1) is 11.3 Å². The van der Waals surface area contributed by atoms with Gasteiger partial charge in [-0.3, -0.25) is 14.1 Å². The Morgan fingerprint density at radius 2 is 2.06 bits per heavy atom. The maximum Gasteiger partial charge on any atom is 0.273 e. The van der Waals surface area contributed by atoms with Crippen molar-refractivity contribution in [2.75, 3.05) is 13.7 Å². The number of sulfonamides is 1. The highest BCUT2D eigenvalue weighted by Crippen LogP contribution is 2.26. The SMILES string of the molecule is COc1cccc(C(=O)NCc2ccc(S(=O)(=O)N3C=CC(NCc4cccnc4)=CC3)s2)c1. The van der Waals surface area contributed by atoms with Crippen molar-refractivity contribution in [3.8, 4) is 5.75 Å². The van der Waals surface area contributed by atoms with Crippen LogP contribution in [0, 0.1) is 0 Å². The first kappa shape index (κ1) is 23.5. The van der Waals surface area contributed by atoms with E-state index >= 15 is 0 Å². The van der Waals surface area contributed by atoms with Crippen molar-refractivity contribution in [1.82, 2.24) is 19.9 Å². The third-order valence-electron chi connectivity index (χ3n) is 5.09. The number of ether oxygens (including phenoxy) is 1. The van der Waals surface area contributed by atoms with Crippen LogP contribution in [0.1, 0.15) is 20.8 Å². The number of allylic oxidation sites excluding steroid dienone is 1. The Labute approximate surface area is 202 Å². The lowest BCUT2D eigenvalue weighted by Crippen LogP contribution is -2.29. The first-order chi connectivity index (χ1) is 16.5. The molecule has 176 valence electrons. The van der Waals surface area contributed by atoms with Gasteiger partial charge in [-0.05, 0) is 54.1 Å². The number of benzene rings is 1. The molecule has 8 nitrogen and oxygen atoms in total. The molecule has 0 radical (unpaired) electrons. The highest BCUT2D eigenvalue weighted by Gasteiger charge is 2.24. The summed E-state index contributed by atoms with van der Waals surface area (Å²) >= 11 is 1.14. The van der Waals surface area contributed by atoms with Crippen LogP contribution in [0.3, 0.4) is 0 Å². The van der Waals surface area contributed by atoms with Crippen LogP contribution in [-0.4, -0.2) is 37.3 Å². The summed E-state index contributed by atoms with van der Waals surface area (Å²) in [6, 6.07) is 14.0. The van der Waals surface area contributed by atoms with Crippen LogP contribution in [0.15, 0.2) is 89.2 Å². The molecule has 0 bridgehead atoms. The molecule has 2 N–H and O–H groups in total. The van der Waals surface area contributed by atoms with E-state index in [9.17, 15) is 13.2 Å². The number of amides is 1. The second-order valence-corrected chi connectivity index (χ2v) is 10.7. The van der Waals surface area contributed by atoms with Gasteiger partial charge in [0.25, 0.3) is 15.9 Å². The van der Waals surface area contributed by atoms with Gasteiger partial charge in [0.15, 0.2) is 0 Å². The molecule has 1 aliphatic rings. The van der Waals surface area contributed by atoms with Crippen molar-refractivity contribution < 1.29 is 17.9 Å². The number of methoxy groups -OCH3 is 1. The van der Waals surface area contributed by atoms with Gasteiger partial charge in [-0.25, -0.2) is 8.42 Å². The lowest BCUT2D eigenvalue weighted by molar-refractivity contribution is 0.0951. The van der Waals surface area contributed by atoms with Crippen LogP contribution in [0.5, 0.6) is 5.75 Å². The Morgan fingerprint density at radius 1 is 1.18 bits per heavy atom. The lowest BCUT2D eigenvalue weighted by Gasteiger charge is -2.22. The van der Waals surface area contributed by atoms with Crippen molar-refractivity contribution in [3.63, 3.8) is 0 Å². The number of hydrogen-bond acceptors (Lipinski definition) is 7. The van der Waals surface area contributed by atoms with E-state index in [-0.39, 0.29) is 23.2 Å². The van der Waals surface area contributed by atoms with Gasteiger partial charge >= 0.3 is 0 Å². The molecule has 4 rings (SSSR count). The van der Waals surface area contributed by atoms with Crippen molar-refractivity contribution in [2.24, 2.45) is 0 Å². The zero-order valence-corrected chi connectivity index (χ0v) is 20.1. The van der Waals surface area contributed by atoms with E-state index in [1.165, 1.54) is 11.4 Å². The van der Waals surface area contributed by atoms with Crippen molar-refractivity contribution in [3.05, 3.63) is 101 Å². The summed E-state index contributed by atoms with van der Waals surface area (Å²) in [5, 5.41) is 6.08. The van der Waals surface area contributed by atoms with Crippen LogP contribution in [-0.2, 0) is 23.1 Å². The molecular formula is C24H24N4O4S2. The quantitative estimate of drug-likeness (QED) is 0.472. The second-order valence-electron chi connectivity index (χ2n) is 7.40. The van der Waals surface area contributed by atoms with Crippen molar-refractivity contribution in [2.45, 2.75) is 17.3 Å². The van der Waals surface area contributed by atoms with Crippen LogP contribution in [0.4, 0.5) is 0 Å². The molecule has 0 saturated heterocycles. The Kier molecular flexibility index (Phi) is 7.29. The van der Waals surface area contributed by atoms with Crippen LogP contribution < -0.4 is 15.4 Å². The molecule has 3 aromatic rings. The molecule has 34 heavy (non-hydrogen) atoms. The Hall–Kier alpha value is -3.63. The second kappa shape index (κ2) is 10.5. The van der Waals surface area contributed by atoms with E-state index in [0.29, 0.717) is 17.9 Å². The van der Waals surface area contributed by atoms with E-state index in [1.807, 2.05) is 18.2 Å². The fraction of sp³-hybridized carbons (Fsp3) is 0.167. The van der Waals surface area contributed by atoms with E-state index in [4.69, 9.17) is 4.74 Å². The molecule has 0 fully saturated rings. The van der Waals surface area contributed by atoms with Gasteiger partial charge in [0.2, 0.25) is 0 Å². The number of carbonyl (C=O) groups is 1. The molecule has 1 amide bonds. The molecule has 3 heterocycles. The molecule has 1 aliphatic heterocycles. The smallest absolute Gasteiger partial charge is 0.273 e. The Bertz CT molecular complexity index is 1320. The van der Waals surface area contributed by atoms with Crippen molar-refractivity contribution in [1.29, 1.82) is 0 Å². The van der Waals surface area contributed by atoms with Crippen LogP contribution >= 0.6 is 11.3 Å². The standard InChI is InChI=1S/C24H24N4O4S2/c1-32-21-6-2-5-19(14-21)24(29)27-17-22-7-8-23(33-22)34(30,31)28-12-9-20(10-13-28)26-16-18-4-3-11-25-15-18/h2-12,14-15,26H,13,16-17H2,1H3,(H,27,29). The topological polar surface area (TPSA) is 101 Å². The fourth-order valence-electron chi connectivity index (χ4n) is 3.24. The van der Waals surface area contributed by atoms with Crippen LogP contribution in [0.25, 0.3) is 0 Å². The number of nitrogens with one attached hydrogen (secondary N) is 2. The van der Waals surface area contributed by atoms with E-state index < -0.39 is 10.0 Å². The zero-order chi connectivity index (χ0) is 24.0. The van der Waals surface area contributed by atoms with E-state index in [2.05, 4.69) is 15.6 Å². The summed E-state index contributed by atoms with van der Waals surface area (Å²) in [6.45, 7) is 1.06. The maximum atomic E-state index is 13.0. The predicted molar refractivity (Wildman–Crippen MR) is 131 cm³/mol. The van der Waals surface area contributed by atoms with Crippen LogP contribution in [0.2, 0.25) is 0 Å². The molecule has 0 saturated carbocycles. The number of hydrogen-bond donors (Lipinski definition) is 2. The third-order valence-corrected chi connectivity index (χ3v) is 8.38. The predicted octanol–water partition coefficient (Wildman–Crippen LogP) is 3.27. The van der Waals surface area contributed by atoms with Gasteiger partial charge in [-0.1, -0.05) is 12.1 Å². The maximum absolute atomic E-state index is 13.0. The first-order valence-corrected chi connectivity index (χ1v) is 12.8. The summed E-state index contributed by atoms with van der Waals surface area (Å²) in [5.41, 5.74) is 2.36. The molecular weight excluding hydrogens is 472 g/mol. The van der Waals surface area contributed by atoms with Gasteiger partial charge in [-0.2, -0.15) is 0 Å². The summed E-state index contributed by atoms with van der Waals surface area (Å²) in [6.07, 6.45) is 8.63. The largest absolute Gasteiger partial charge is 0.497 e. The summed E-state index contributed by atoms with van der Waals surface area (Å²) < 4.78 is 32.7. The molecule has 0 aliphatic carbocycles. The van der Waals surface area contributed by atoms with Gasteiger partial charge in [0, 0.05) is 41.3 Å². The van der Waals surface area contributed by atoms with Crippen molar-refractivity contribution >= 4 is 27.3 Å². The van der Waals surface area contributed by atoms with E-state index in [0.717, 1.165) is 27.5 Å². The van der Waals surface area contributed by atoms with Gasteiger partial charge in [0.05, 0.1) is 20.2 Å². The first-order valence-electron chi connectivity index (χ1n) is 10.5. The van der Waals surface area contributed by atoms with Gasteiger partial charge in [0.1, 0.15) is 9.96 Å². The number of aromatic nitrogens is 1. The molecule has 0 spiro atoms. The minimum atomic E-state index is -3.68. The Morgan fingerprint density at radius 3 is 2.79 bits per heavy atom. The summed E-state index contributed by atoms with van der Waals surface area (Å²) in [7, 11) is -2.14. The van der Waals surface area contributed by atoms with E-state index in [1.54, 1.807) is 61.1 Å². The summed E-state index contributed by atoms with van der Waals surface area (Å²) in [5.74, 6) is 0.336. The lowest BCUT2D eigenvalue weighted by atomic mass is 10.2. The number of thiophene rings is 1. The minimum absolute atomic E-state index is 0.225. The number of pyridine rings is 1. The number of nitrogens with zero attached hydrogens (tertiary/aromatic N) is 2. The fourth-order valence-corrected chi connectivity index (χ4v) is 5.91.